The fourth-order valence-electron chi connectivity index (χ4n) is 2.24. The van der Waals surface area contributed by atoms with Crippen LogP contribution in [0.3, 0.4) is 0 Å². The summed E-state index contributed by atoms with van der Waals surface area (Å²) < 4.78 is 6.80. The van der Waals surface area contributed by atoms with Gasteiger partial charge in [-0.1, -0.05) is 23.7 Å². The molecule has 0 fully saturated rings. The monoisotopic (exact) mass is 329 g/mol. The third-order valence-electron chi connectivity index (χ3n) is 3.20. The molecule has 0 aliphatic rings. The standard InChI is InChI=1S/C17H16ClN3O2/c1-11(2)23-17(22)9-14-10-21-16(19-14)8-7-15(20-21)12-3-5-13(18)6-4-12/h3-8,10-11H,9H2,1-2H3. The van der Waals surface area contributed by atoms with Gasteiger partial charge >= 0.3 is 5.97 Å². The number of imidazole rings is 1. The van der Waals surface area contributed by atoms with Crippen molar-refractivity contribution in [3.05, 3.63) is 53.3 Å². The van der Waals surface area contributed by atoms with Gasteiger partial charge in [-0.3, -0.25) is 4.79 Å². The summed E-state index contributed by atoms with van der Waals surface area (Å²) in [5.41, 5.74) is 3.10. The number of esters is 1. The Kier molecular flexibility index (Phi) is 4.30. The number of aromatic nitrogens is 3. The summed E-state index contributed by atoms with van der Waals surface area (Å²) in [6, 6.07) is 11.2. The van der Waals surface area contributed by atoms with Gasteiger partial charge < -0.3 is 4.74 Å². The first kappa shape index (κ1) is 15.5. The van der Waals surface area contributed by atoms with E-state index in [-0.39, 0.29) is 18.5 Å². The van der Waals surface area contributed by atoms with Gasteiger partial charge in [0.05, 0.1) is 30.1 Å². The van der Waals surface area contributed by atoms with Crippen molar-refractivity contribution in [1.29, 1.82) is 0 Å². The van der Waals surface area contributed by atoms with E-state index in [9.17, 15) is 4.79 Å². The van der Waals surface area contributed by atoms with Crippen molar-refractivity contribution in [3.63, 3.8) is 0 Å². The maximum absolute atomic E-state index is 11.7. The first-order valence-corrected chi connectivity index (χ1v) is 7.70. The van der Waals surface area contributed by atoms with E-state index in [0.29, 0.717) is 16.4 Å². The van der Waals surface area contributed by atoms with Gasteiger partial charge in [0, 0.05) is 10.6 Å². The predicted octanol–water partition coefficient (Wildman–Crippen LogP) is 3.54. The van der Waals surface area contributed by atoms with Crippen molar-refractivity contribution in [2.45, 2.75) is 26.4 Å². The summed E-state index contributed by atoms with van der Waals surface area (Å²) in [6.07, 6.45) is 1.75. The van der Waals surface area contributed by atoms with Crippen LogP contribution in [-0.4, -0.2) is 26.7 Å². The topological polar surface area (TPSA) is 56.5 Å². The molecule has 118 valence electrons. The fourth-order valence-corrected chi connectivity index (χ4v) is 2.37. The lowest BCUT2D eigenvalue weighted by atomic mass is 10.1. The second-order valence-corrected chi connectivity index (χ2v) is 5.91. The van der Waals surface area contributed by atoms with E-state index in [0.717, 1.165) is 11.3 Å². The van der Waals surface area contributed by atoms with Gasteiger partial charge in [0.15, 0.2) is 5.65 Å². The third-order valence-corrected chi connectivity index (χ3v) is 3.45. The van der Waals surface area contributed by atoms with E-state index in [2.05, 4.69) is 10.1 Å². The molecule has 0 bridgehead atoms. The number of rotatable bonds is 4. The molecule has 3 rings (SSSR count). The molecule has 1 aromatic carbocycles. The highest BCUT2D eigenvalue weighted by atomic mass is 35.5. The number of hydrogen-bond donors (Lipinski definition) is 0. The van der Waals surface area contributed by atoms with E-state index in [1.165, 1.54) is 0 Å². The summed E-state index contributed by atoms with van der Waals surface area (Å²) in [5, 5.41) is 5.21. The highest BCUT2D eigenvalue weighted by Crippen LogP contribution is 2.20. The van der Waals surface area contributed by atoms with Crippen LogP contribution >= 0.6 is 11.6 Å². The molecule has 0 aliphatic heterocycles. The molecule has 0 radical (unpaired) electrons. The Balaban J connectivity index is 1.86. The number of carbonyl (C=O) groups is 1. The number of carbonyl (C=O) groups excluding carboxylic acids is 1. The van der Waals surface area contributed by atoms with E-state index in [1.54, 1.807) is 10.7 Å². The molecule has 0 saturated carbocycles. The minimum absolute atomic E-state index is 0.130. The lowest BCUT2D eigenvalue weighted by Crippen LogP contribution is -2.13. The number of hydrogen-bond acceptors (Lipinski definition) is 4. The van der Waals surface area contributed by atoms with Gasteiger partial charge in [0.2, 0.25) is 0 Å². The first-order valence-electron chi connectivity index (χ1n) is 7.32. The normalized spacial score (nSPS) is 11.1. The van der Waals surface area contributed by atoms with Crippen LogP contribution in [0.25, 0.3) is 16.9 Å². The average Bonchev–Trinajstić information content (AvgIpc) is 2.88. The van der Waals surface area contributed by atoms with Crippen LogP contribution in [-0.2, 0) is 16.0 Å². The molecule has 0 atom stereocenters. The molecule has 5 nitrogen and oxygen atoms in total. The largest absolute Gasteiger partial charge is 0.463 e. The molecule has 0 amide bonds. The van der Waals surface area contributed by atoms with Gasteiger partial charge in [0.25, 0.3) is 0 Å². The molecular weight excluding hydrogens is 314 g/mol. The second-order valence-electron chi connectivity index (χ2n) is 5.48. The van der Waals surface area contributed by atoms with Crippen LogP contribution in [0.15, 0.2) is 42.6 Å². The summed E-state index contributed by atoms with van der Waals surface area (Å²) in [6.45, 7) is 3.64. The Bertz CT molecular complexity index is 841. The van der Waals surface area contributed by atoms with Crippen LogP contribution in [0.4, 0.5) is 0 Å². The van der Waals surface area contributed by atoms with Crippen molar-refractivity contribution in [1.82, 2.24) is 14.6 Å². The summed E-state index contributed by atoms with van der Waals surface area (Å²) in [7, 11) is 0. The molecule has 23 heavy (non-hydrogen) atoms. The molecular formula is C17H16ClN3O2. The predicted molar refractivity (Wildman–Crippen MR) is 88.4 cm³/mol. The Labute approximate surface area is 138 Å². The van der Waals surface area contributed by atoms with Gasteiger partial charge in [-0.2, -0.15) is 5.10 Å². The molecule has 0 aliphatic carbocycles. The number of halogens is 1. The van der Waals surface area contributed by atoms with Crippen LogP contribution < -0.4 is 0 Å². The van der Waals surface area contributed by atoms with E-state index in [1.807, 2.05) is 50.2 Å². The number of ether oxygens (including phenoxy) is 1. The Morgan fingerprint density at radius 3 is 2.65 bits per heavy atom. The zero-order valence-electron chi connectivity index (χ0n) is 12.9. The van der Waals surface area contributed by atoms with Crippen LogP contribution in [0.2, 0.25) is 5.02 Å². The first-order chi connectivity index (χ1) is 11.0. The van der Waals surface area contributed by atoms with Crippen molar-refractivity contribution in [3.8, 4) is 11.3 Å². The fraction of sp³-hybridized carbons (Fsp3) is 0.235. The Hall–Kier alpha value is -2.40. The average molecular weight is 330 g/mol. The lowest BCUT2D eigenvalue weighted by Gasteiger charge is -2.05. The number of nitrogens with zero attached hydrogens (tertiary/aromatic N) is 3. The molecule has 0 saturated heterocycles. The molecule has 2 heterocycles. The van der Waals surface area contributed by atoms with Crippen molar-refractivity contribution >= 4 is 23.2 Å². The Morgan fingerprint density at radius 2 is 1.96 bits per heavy atom. The second kappa shape index (κ2) is 6.38. The Morgan fingerprint density at radius 1 is 1.22 bits per heavy atom. The van der Waals surface area contributed by atoms with Gasteiger partial charge in [0.1, 0.15) is 0 Å². The maximum Gasteiger partial charge on any atom is 0.312 e. The maximum atomic E-state index is 11.7. The van der Waals surface area contributed by atoms with Gasteiger partial charge in [-0.15, -0.1) is 0 Å². The smallest absolute Gasteiger partial charge is 0.312 e. The molecule has 0 unspecified atom stereocenters. The highest BCUT2D eigenvalue weighted by molar-refractivity contribution is 6.30. The van der Waals surface area contributed by atoms with E-state index < -0.39 is 0 Å². The van der Waals surface area contributed by atoms with Gasteiger partial charge in [-0.05, 0) is 38.1 Å². The quantitative estimate of drug-likeness (QED) is 0.687. The molecule has 3 aromatic rings. The molecule has 2 aromatic heterocycles. The van der Waals surface area contributed by atoms with Crippen molar-refractivity contribution < 1.29 is 9.53 Å². The van der Waals surface area contributed by atoms with Crippen LogP contribution in [0.5, 0.6) is 0 Å². The third kappa shape index (κ3) is 3.68. The number of benzene rings is 1. The van der Waals surface area contributed by atoms with Crippen LogP contribution in [0, 0.1) is 0 Å². The summed E-state index contributed by atoms with van der Waals surface area (Å²) in [4.78, 5) is 16.1. The van der Waals surface area contributed by atoms with Crippen molar-refractivity contribution in [2.75, 3.05) is 0 Å². The molecule has 6 heteroatoms. The van der Waals surface area contributed by atoms with Crippen LogP contribution in [0.1, 0.15) is 19.5 Å². The van der Waals surface area contributed by atoms with Crippen molar-refractivity contribution in [2.24, 2.45) is 0 Å². The highest BCUT2D eigenvalue weighted by Gasteiger charge is 2.11. The minimum Gasteiger partial charge on any atom is -0.463 e. The lowest BCUT2D eigenvalue weighted by molar-refractivity contribution is -0.146. The molecule has 0 N–H and O–H groups in total. The zero-order valence-corrected chi connectivity index (χ0v) is 13.6. The molecule has 0 spiro atoms. The SMILES string of the molecule is CC(C)OC(=O)Cc1cn2nc(-c3ccc(Cl)cc3)ccc2n1. The zero-order chi connectivity index (χ0) is 16.4. The summed E-state index contributed by atoms with van der Waals surface area (Å²) in [5.74, 6) is -0.290. The van der Waals surface area contributed by atoms with E-state index in [4.69, 9.17) is 16.3 Å². The number of fused-ring (bicyclic) bond motifs is 1. The van der Waals surface area contributed by atoms with E-state index >= 15 is 0 Å². The minimum atomic E-state index is -0.290. The summed E-state index contributed by atoms with van der Waals surface area (Å²) >= 11 is 5.90. The van der Waals surface area contributed by atoms with Gasteiger partial charge in [-0.25, -0.2) is 9.50 Å².